The molecular formula is C9H21NS. The molecule has 1 nitrogen and oxygen atoms in total. The van der Waals surface area contributed by atoms with Crippen LogP contribution in [-0.2, 0) is 0 Å². The van der Waals surface area contributed by atoms with Crippen LogP contribution in [0.3, 0.4) is 0 Å². The number of thioether (sulfide) groups is 1. The lowest BCUT2D eigenvalue weighted by Crippen LogP contribution is -2.36. The molecule has 0 radical (unpaired) electrons. The Morgan fingerprint density at radius 1 is 1.36 bits per heavy atom. The maximum absolute atomic E-state index is 3.51. The van der Waals surface area contributed by atoms with Gasteiger partial charge in [0.2, 0.25) is 0 Å². The van der Waals surface area contributed by atoms with Gasteiger partial charge in [-0.3, -0.25) is 0 Å². The molecule has 0 aromatic rings. The second kappa shape index (κ2) is 6.99. The normalized spacial score (nSPS) is 16.4. The van der Waals surface area contributed by atoms with Crippen molar-refractivity contribution >= 4 is 11.8 Å². The summed E-state index contributed by atoms with van der Waals surface area (Å²) < 4.78 is 0. The van der Waals surface area contributed by atoms with Crippen LogP contribution in [0, 0.1) is 5.92 Å². The molecule has 2 atom stereocenters. The van der Waals surface area contributed by atoms with E-state index in [0.29, 0.717) is 6.04 Å². The van der Waals surface area contributed by atoms with Crippen LogP contribution in [0.5, 0.6) is 0 Å². The van der Waals surface area contributed by atoms with Crippen molar-refractivity contribution in [2.75, 3.05) is 18.6 Å². The standard InChI is InChI=1S/C9H21NS/c1-5-8(3)9(7-11-4)10-6-2/h8-10H,5-7H2,1-4H3. The van der Waals surface area contributed by atoms with Crippen LogP contribution in [-0.4, -0.2) is 24.6 Å². The molecule has 1 N–H and O–H groups in total. The van der Waals surface area contributed by atoms with Crippen LogP contribution in [0.2, 0.25) is 0 Å². The van der Waals surface area contributed by atoms with Crippen molar-refractivity contribution in [2.45, 2.75) is 33.2 Å². The molecule has 0 heterocycles. The summed E-state index contributed by atoms with van der Waals surface area (Å²) in [6.07, 6.45) is 3.45. The van der Waals surface area contributed by atoms with Gasteiger partial charge in [0, 0.05) is 11.8 Å². The lowest BCUT2D eigenvalue weighted by Gasteiger charge is -2.22. The molecule has 2 unspecified atom stereocenters. The molecule has 0 saturated carbocycles. The predicted octanol–water partition coefficient (Wildman–Crippen LogP) is 2.37. The molecule has 0 bridgehead atoms. The summed E-state index contributed by atoms with van der Waals surface area (Å²) in [5.41, 5.74) is 0. The van der Waals surface area contributed by atoms with Crippen molar-refractivity contribution in [3.05, 3.63) is 0 Å². The SMILES string of the molecule is CCNC(CSC)C(C)CC. The lowest BCUT2D eigenvalue weighted by atomic mass is 10.0. The van der Waals surface area contributed by atoms with Crippen molar-refractivity contribution in [1.29, 1.82) is 0 Å². The molecule has 11 heavy (non-hydrogen) atoms. The summed E-state index contributed by atoms with van der Waals surface area (Å²) >= 11 is 1.93. The Morgan fingerprint density at radius 3 is 2.36 bits per heavy atom. The van der Waals surface area contributed by atoms with Crippen molar-refractivity contribution in [3.63, 3.8) is 0 Å². The van der Waals surface area contributed by atoms with Gasteiger partial charge in [0.05, 0.1) is 0 Å². The minimum Gasteiger partial charge on any atom is -0.313 e. The number of hydrogen-bond donors (Lipinski definition) is 1. The topological polar surface area (TPSA) is 12.0 Å². The first-order chi connectivity index (χ1) is 5.26. The second-order valence-corrected chi connectivity index (χ2v) is 3.92. The fourth-order valence-electron chi connectivity index (χ4n) is 1.15. The highest BCUT2D eigenvalue weighted by molar-refractivity contribution is 7.98. The Hall–Kier alpha value is 0.310. The highest BCUT2D eigenvalue weighted by Gasteiger charge is 2.12. The Balaban J connectivity index is 3.66. The zero-order valence-corrected chi connectivity index (χ0v) is 9.00. The summed E-state index contributed by atoms with van der Waals surface area (Å²) in [7, 11) is 0. The van der Waals surface area contributed by atoms with Crippen molar-refractivity contribution in [2.24, 2.45) is 5.92 Å². The molecular weight excluding hydrogens is 154 g/mol. The summed E-state index contributed by atoms with van der Waals surface area (Å²) in [4.78, 5) is 0. The number of hydrogen-bond acceptors (Lipinski definition) is 2. The first-order valence-corrected chi connectivity index (χ1v) is 5.87. The van der Waals surface area contributed by atoms with E-state index in [1.54, 1.807) is 0 Å². The zero-order valence-electron chi connectivity index (χ0n) is 8.18. The summed E-state index contributed by atoms with van der Waals surface area (Å²) in [6, 6.07) is 0.708. The molecule has 2 heteroatoms. The van der Waals surface area contributed by atoms with Crippen LogP contribution in [0.1, 0.15) is 27.2 Å². The maximum atomic E-state index is 3.51. The third-order valence-electron chi connectivity index (χ3n) is 2.14. The Morgan fingerprint density at radius 2 is 2.00 bits per heavy atom. The van der Waals surface area contributed by atoms with Crippen LogP contribution in [0.15, 0.2) is 0 Å². The van der Waals surface area contributed by atoms with E-state index in [4.69, 9.17) is 0 Å². The van der Waals surface area contributed by atoms with E-state index in [0.717, 1.165) is 12.5 Å². The molecule has 0 fully saturated rings. The van der Waals surface area contributed by atoms with E-state index in [-0.39, 0.29) is 0 Å². The zero-order chi connectivity index (χ0) is 8.69. The molecule has 0 aromatic carbocycles. The van der Waals surface area contributed by atoms with E-state index in [2.05, 4.69) is 32.3 Å². The van der Waals surface area contributed by atoms with Gasteiger partial charge in [-0.15, -0.1) is 0 Å². The lowest BCUT2D eigenvalue weighted by molar-refractivity contribution is 0.404. The Bertz CT molecular complexity index is 79.6. The average molecular weight is 175 g/mol. The average Bonchev–Trinajstić information content (AvgIpc) is 2.03. The molecule has 0 amide bonds. The van der Waals surface area contributed by atoms with Crippen LogP contribution < -0.4 is 5.32 Å². The highest BCUT2D eigenvalue weighted by Crippen LogP contribution is 2.11. The molecule has 0 rings (SSSR count). The minimum absolute atomic E-state index is 0.708. The summed E-state index contributed by atoms with van der Waals surface area (Å²) in [5.74, 6) is 2.05. The molecule has 0 aromatic heterocycles. The maximum Gasteiger partial charge on any atom is 0.0183 e. The van der Waals surface area contributed by atoms with Crippen molar-refractivity contribution in [3.8, 4) is 0 Å². The van der Waals surface area contributed by atoms with Gasteiger partial charge in [0.25, 0.3) is 0 Å². The molecule has 0 aliphatic carbocycles. The van der Waals surface area contributed by atoms with Crippen molar-refractivity contribution in [1.82, 2.24) is 5.32 Å². The van der Waals surface area contributed by atoms with Crippen LogP contribution in [0.4, 0.5) is 0 Å². The molecule has 68 valence electrons. The fourth-order valence-corrected chi connectivity index (χ4v) is 1.96. The van der Waals surface area contributed by atoms with E-state index in [9.17, 15) is 0 Å². The molecule has 0 aliphatic heterocycles. The first-order valence-electron chi connectivity index (χ1n) is 4.48. The Labute approximate surface area is 75.3 Å². The van der Waals surface area contributed by atoms with Gasteiger partial charge >= 0.3 is 0 Å². The molecule has 0 aliphatic rings. The summed E-state index contributed by atoms with van der Waals surface area (Å²) in [6.45, 7) is 7.85. The first kappa shape index (κ1) is 11.3. The third-order valence-corrected chi connectivity index (χ3v) is 2.84. The summed E-state index contributed by atoms with van der Waals surface area (Å²) in [5, 5.41) is 3.51. The third kappa shape index (κ3) is 4.70. The number of rotatable bonds is 6. The van der Waals surface area contributed by atoms with Crippen molar-refractivity contribution < 1.29 is 0 Å². The van der Waals surface area contributed by atoms with Gasteiger partial charge < -0.3 is 5.32 Å². The Kier molecular flexibility index (Phi) is 7.18. The minimum atomic E-state index is 0.708. The van der Waals surface area contributed by atoms with E-state index in [1.165, 1.54) is 12.2 Å². The molecule has 0 spiro atoms. The smallest absolute Gasteiger partial charge is 0.0183 e. The van der Waals surface area contributed by atoms with Gasteiger partial charge in [-0.1, -0.05) is 27.2 Å². The van der Waals surface area contributed by atoms with Gasteiger partial charge in [-0.05, 0) is 18.7 Å². The largest absolute Gasteiger partial charge is 0.313 e. The van der Waals surface area contributed by atoms with Crippen LogP contribution >= 0.6 is 11.8 Å². The van der Waals surface area contributed by atoms with Gasteiger partial charge in [0.1, 0.15) is 0 Å². The van der Waals surface area contributed by atoms with Crippen LogP contribution in [0.25, 0.3) is 0 Å². The second-order valence-electron chi connectivity index (χ2n) is 3.01. The predicted molar refractivity (Wildman–Crippen MR) is 55.3 cm³/mol. The monoisotopic (exact) mass is 175 g/mol. The van der Waals surface area contributed by atoms with E-state index < -0.39 is 0 Å². The van der Waals surface area contributed by atoms with Gasteiger partial charge in [-0.25, -0.2) is 0 Å². The number of nitrogens with one attached hydrogen (secondary N) is 1. The van der Waals surface area contributed by atoms with E-state index in [1.807, 2.05) is 11.8 Å². The quantitative estimate of drug-likeness (QED) is 0.665. The van der Waals surface area contributed by atoms with Gasteiger partial charge in [0.15, 0.2) is 0 Å². The van der Waals surface area contributed by atoms with E-state index >= 15 is 0 Å². The van der Waals surface area contributed by atoms with Gasteiger partial charge in [-0.2, -0.15) is 11.8 Å². The highest BCUT2D eigenvalue weighted by atomic mass is 32.2. The molecule has 0 saturated heterocycles. The fraction of sp³-hybridized carbons (Fsp3) is 1.00.